The molecular weight excluding hydrogens is 479 g/mol. The van der Waals surface area contributed by atoms with E-state index in [0.717, 1.165) is 5.56 Å². The first-order chi connectivity index (χ1) is 14.9. The molecule has 0 aliphatic carbocycles. The normalized spacial score (nSPS) is 14.8. The summed E-state index contributed by atoms with van der Waals surface area (Å²) < 4.78 is 11.0. The zero-order valence-electron chi connectivity index (χ0n) is 16.4. The summed E-state index contributed by atoms with van der Waals surface area (Å²) in [5.41, 5.74) is 0.839. The van der Waals surface area contributed by atoms with Crippen LogP contribution < -0.4 is 14.8 Å². The van der Waals surface area contributed by atoms with Crippen LogP contribution in [-0.4, -0.2) is 47.8 Å². The van der Waals surface area contributed by atoms with Gasteiger partial charge in [0.1, 0.15) is 15.8 Å². The van der Waals surface area contributed by atoms with Gasteiger partial charge in [0.05, 0.1) is 17.0 Å². The number of benzene rings is 2. The Hall–Kier alpha value is -2.26. The molecule has 2 amide bonds. The fraction of sp³-hybridized carbons (Fsp3) is 0.190. The molecule has 3 rings (SSSR count). The molecular formula is C21H18Cl2N2O4S2. The van der Waals surface area contributed by atoms with Crippen molar-refractivity contribution >= 4 is 69.4 Å². The average molecular weight is 497 g/mol. The number of carbonyl (C=O) groups excluding carboxylic acids is 2. The highest BCUT2D eigenvalue weighted by atomic mass is 35.5. The van der Waals surface area contributed by atoms with Crippen LogP contribution in [0, 0.1) is 0 Å². The Morgan fingerprint density at radius 2 is 2.06 bits per heavy atom. The number of methoxy groups -OCH3 is 1. The van der Waals surface area contributed by atoms with Gasteiger partial charge in [0, 0.05) is 18.1 Å². The molecule has 6 nitrogen and oxygen atoms in total. The molecule has 0 bridgehead atoms. The molecule has 10 heteroatoms. The minimum Gasteiger partial charge on any atom is -0.497 e. The second kappa shape index (κ2) is 10.9. The molecule has 1 fully saturated rings. The van der Waals surface area contributed by atoms with E-state index < -0.39 is 0 Å². The van der Waals surface area contributed by atoms with E-state index >= 15 is 0 Å². The number of rotatable bonds is 8. The molecule has 2 aromatic rings. The number of hydrogen-bond acceptors (Lipinski definition) is 6. The monoisotopic (exact) mass is 496 g/mol. The van der Waals surface area contributed by atoms with E-state index in [1.54, 1.807) is 25.3 Å². The molecule has 0 spiro atoms. The Labute approximate surface area is 199 Å². The van der Waals surface area contributed by atoms with E-state index in [1.807, 2.05) is 24.3 Å². The van der Waals surface area contributed by atoms with Crippen LogP contribution in [0.1, 0.15) is 5.56 Å². The third-order valence-corrected chi connectivity index (χ3v) is 6.08. The van der Waals surface area contributed by atoms with Crippen LogP contribution >= 0.6 is 47.2 Å². The Morgan fingerprint density at radius 3 is 2.81 bits per heavy atom. The lowest BCUT2D eigenvalue weighted by Gasteiger charge is -2.15. The maximum atomic E-state index is 12.7. The molecule has 31 heavy (non-hydrogen) atoms. The fourth-order valence-electron chi connectivity index (χ4n) is 2.67. The molecule has 1 aliphatic heterocycles. The Bertz CT molecular complexity index is 1050. The molecule has 0 unspecified atom stereocenters. The van der Waals surface area contributed by atoms with Gasteiger partial charge in [0.2, 0.25) is 0 Å². The molecule has 1 N–H and O–H groups in total. The van der Waals surface area contributed by atoms with Crippen LogP contribution in [0.25, 0.3) is 6.08 Å². The molecule has 1 heterocycles. The summed E-state index contributed by atoms with van der Waals surface area (Å²) in [5, 5.41) is 3.50. The van der Waals surface area contributed by atoms with Gasteiger partial charge in [-0.3, -0.25) is 14.5 Å². The standard InChI is InChI=1S/C21H18Cl2N2O4S2/c1-28-15-4-2-3-13(9-15)10-18-20(27)25(21(30)31-18)8-7-24-19(26)12-29-17-6-5-14(22)11-16(17)23/h2-6,9-11H,7-8,12H2,1H3,(H,24,26)/b18-10+. The molecule has 0 atom stereocenters. The van der Waals surface area contributed by atoms with Crippen molar-refractivity contribution in [3.8, 4) is 11.5 Å². The van der Waals surface area contributed by atoms with Gasteiger partial charge >= 0.3 is 0 Å². The molecule has 1 saturated heterocycles. The highest BCUT2D eigenvalue weighted by Crippen LogP contribution is 2.32. The summed E-state index contributed by atoms with van der Waals surface area (Å²) in [7, 11) is 1.59. The molecule has 162 valence electrons. The summed E-state index contributed by atoms with van der Waals surface area (Å²) in [6, 6.07) is 12.1. The SMILES string of the molecule is COc1cccc(/C=C2/SC(=S)N(CCNC(=O)COc3ccc(Cl)cc3Cl)C2=O)c1. The first-order valence-corrected chi connectivity index (χ1v) is 11.1. The lowest BCUT2D eigenvalue weighted by molar-refractivity contribution is -0.124. The van der Waals surface area contributed by atoms with Crippen molar-refractivity contribution in [1.29, 1.82) is 0 Å². The lowest BCUT2D eigenvalue weighted by atomic mass is 10.2. The number of ether oxygens (including phenoxy) is 2. The number of carbonyl (C=O) groups is 2. The lowest BCUT2D eigenvalue weighted by Crippen LogP contribution is -2.38. The molecule has 1 aliphatic rings. The number of nitrogens with zero attached hydrogens (tertiary/aromatic N) is 1. The van der Waals surface area contributed by atoms with Gasteiger partial charge in [-0.2, -0.15) is 0 Å². The van der Waals surface area contributed by atoms with Crippen LogP contribution in [0.2, 0.25) is 10.0 Å². The van der Waals surface area contributed by atoms with E-state index in [1.165, 1.54) is 22.7 Å². The summed E-state index contributed by atoms with van der Waals surface area (Å²) in [6.45, 7) is 0.276. The van der Waals surface area contributed by atoms with Crippen molar-refractivity contribution in [3.63, 3.8) is 0 Å². The van der Waals surface area contributed by atoms with Crippen LogP contribution in [-0.2, 0) is 9.59 Å². The van der Waals surface area contributed by atoms with Crippen LogP contribution in [0.15, 0.2) is 47.4 Å². The topological polar surface area (TPSA) is 67.9 Å². The highest BCUT2D eigenvalue weighted by Gasteiger charge is 2.31. The number of nitrogens with one attached hydrogen (secondary N) is 1. The van der Waals surface area contributed by atoms with Gasteiger partial charge in [0.25, 0.3) is 11.8 Å². The first-order valence-electron chi connectivity index (χ1n) is 9.11. The zero-order chi connectivity index (χ0) is 22.4. The maximum absolute atomic E-state index is 12.7. The second-order valence-electron chi connectivity index (χ2n) is 6.32. The maximum Gasteiger partial charge on any atom is 0.266 e. The molecule has 0 aromatic heterocycles. The summed E-state index contributed by atoms with van der Waals surface area (Å²) >= 11 is 18.4. The Balaban J connectivity index is 1.49. The smallest absolute Gasteiger partial charge is 0.266 e. The van der Waals surface area contributed by atoms with Crippen molar-refractivity contribution in [2.45, 2.75) is 0 Å². The predicted molar refractivity (Wildman–Crippen MR) is 128 cm³/mol. The Morgan fingerprint density at radius 1 is 1.26 bits per heavy atom. The third-order valence-electron chi connectivity index (χ3n) is 4.18. The summed E-state index contributed by atoms with van der Waals surface area (Å²) in [5.74, 6) is 0.523. The van der Waals surface area contributed by atoms with Gasteiger partial charge in [-0.25, -0.2) is 0 Å². The number of amides is 2. The van der Waals surface area contributed by atoms with Crippen molar-refractivity contribution in [2.24, 2.45) is 0 Å². The predicted octanol–water partition coefficient (Wildman–Crippen LogP) is 4.40. The average Bonchev–Trinajstić information content (AvgIpc) is 3.00. The number of thioether (sulfide) groups is 1. The van der Waals surface area contributed by atoms with Crippen molar-refractivity contribution in [3.05, 3.63) is 63.0 Å². The quantitative estimate of drug-likeness (QED) is 0.431. The largest absolute Gasteiger partial charge is 0.497 e. The van der Waals surface area contributed by atoms with E-state index in [4.69, 9.17) is 44.9 Å². The van der Waals surface area contributed by atoms with Gasteiger partial charge in [-0.15, -0.1) is 0 Å². The molecule has 0 saturated carbocycles. The van der Waals surface area contributed by atoms with E-state index in [9.17, 15) is 9.59 Å². The zero-order valence-corrected chi connectivity index (χ0v) is 19.5. The van der Waals surface area contributed by atoms with Gasteiger partial charge in [-0.1, -0.05) is 59.3 Å². The van der Waals surface area contributed by atoms with Crippen LogP contribution in [0.5, 0.6) is 11.5 Å². The van der Waals surface area contributed by atoms with E-state index in [-0.39, 0.29) is 31.5 Å². The van der Waals surface area contributed by atoms with Crippen molar-refractivity contribution in [2.75, 3.05) is 26.8 Å². The van der Waals surface area contributed by atoms with Crippen molar-refractivity contribution in [1.82, 2.24) is 10.2 Å². The molecule has 0 radical (unpaired) electrons. The van der Waals surface area contributed by atoms with Gasteiger partial charge < -0.3 is 14.8 Å². The van der Waals surface area contributed by atoms with Crippen molar-refractivity contribution < 1.29 is 19.1 Å². The third kappa shape index (κ3) is 6.36. The first kappa shape index (κ1) is 23.4. The van der Waals surface area contributed by atoms with Gasteiger partial charge in [0.15, 0.2) is 6.61 Å². The van der Waals surface area contributed by atoms with E-state index in [0.29, 0.717) is 30.8 Å². The highest BCUT2D eigenvalue weighted by molar-refractivity contribution is 8.26. The molecule has 2 aromatic carbocycles. The fourth-order valence-corrected chi connectivity index (χ4v) is 4.44. The summed E-state index contributed by atoms with van der Waals surface area (Å²) in [6.07, 6.45) is 1.77. The van der Waals surface area contributed by atoms with Crippen LogP contribution in [0.3, 0.4) is 0 Å². The van der Waals surface area contributed by atoms with Crippen LogP contribution in [0.4, 0.5) is 0 Å². The van der Waals surface area contributed by atoms with Gasteiger partial charge in [-0.05, 0) is 42.0 Å². The Kier molecular flexibility index (Phi) is 8.20. The van der Waals surface area contributed by atoms with E-state index in [2.05, 4.69) is 5.32 Å². The number of thiocarbonyl (C=S) groups is 1. The minimum atomic E-state index is -0.344. The minimum absolute atomic E-state index is 0.198. The number of halogens is 2. The number of hydrogen-bond donors (Lipinski definition) is 1. The second-order valence-corrected chi connectivity index (χ2v) is 8.84. The summed E-state index contributed by atoms with van der Waals surface area (Å²) in [4.78, 5) is 26.7.